The van der Waals surface area contributed by atoms with Crippen LogP contribution in [0.4, 0.5) is 0 Å². The van der Waals surface area contributed by atoms with Crippen LogP contribution in [0.1, 0.15) is 18.4 Å². The zero-order chi connectivity index (χ0) is 14.3. The topological polar surface area (TPSA) is 57.6 Å². The largest absolute Gasteiger partial charge is 0.480 e. The molecule has 1 amide bonds. The van der Waals surface area contributed by atoms with Crippen molar-refractivity contribution in [3.63, 3.8) is 0 Å². The molecule has 0 spiro atoms. The van der Waals surface area contributed by atoms with Crippen molar-refractivity contribution < 1.29 is 14.7 Å². The van der Waals surface area contributed by atoms with Gasteiger partial charge in [-0.3, -0.25) is 4.79 Å². The number of carboxylic acid groups (broad SMARTS) is 1. The second kappa shape index (κ2) is 5.33. The van der Waals surface area contributed by atoms with E-state index in [0.29, 0.717) is 11.5 Å². The van der Waals surface area contributed by atoms with Crippen molar-refractivity contribution in [1.82, 2.24) is 4.90 Å². The van der Waals surface area contributed by atoms with Crippen LogP contribution in [-0.2, 0) is 9.59 Å². The highest BCUT2D eigenvalue weighted by Crippen LogP contribution is 2.42. The Labute approximate surface area is 125 Å². The van der Waals surface area contributed by atoms with E-state index in [2.05, 4.69) is 0 Å². The predicted octanol–water partition coefficient (Wildman–Crippen LogP) is 2.25. The predicted molar refractivity (Wildman–Crippen MR) is 80.1 cm³/mol. The van der Waals surface area contributed by atoms with E-state index in [9.17, 15) is 14.7 Å². The smallest absolute Gasteiger partial charge is 0.327 e. The number of fused-ring (bicyclic) bond motifs is 1. The minimum absolute atomic E-state index is 0.0487. The quantitative estimate of drug-likeness (QED) is 0.908. The van der Waals surface area contributed by atoms with E-state index < -0.39 is 12.0 Å². The van der Waals surface area contributed by atoms with Crippen LogP contribution in [0.15, 0.2) is 29.2 Å². The van der Waals surface area contributed by atoms with E-state index in [1.807, 2.05) is 31.2 Å². The Morgan fingerprint density at radius 2 is 2.05 bits per heavy atom. The molecule has 1 aromatic carbocycles. The molecule has 3 unspecified atom stereocenters. The van der Waals surface area contributed by atoms with Gasteiger partial charge in [-0.05, 0) is 18.6 Å². The molecule has 0 aliphatic carbocycles. The minimum Gasteiger partial charge on any atom is -0.480 e. The normalized spacial score (nSPS) is 28.4. The SMILES string of the molecule is CC1SCC(C(=O)O)N1C(=O)C1CSc2ccccc21. The Hall–Kier alpha value is -1.14. The summed E-state index contributed by atoms with van der Waals surface area (Å²) in [5.74, 6) is 0.0167. The van der Waals surface area contributed by atoms with Crippen LogP contribution in [0.2, 0.25) is 0 Å². The lowest BCUT2D eigenvalue weighted by atomic mass is 9.99. The number of carboxylic acids is 1. The maximum Gasteiger partial charge on any atom is 0.327 e. The van der Waals surface area contributed by atoms with Crippen LogP contribution < -0.4 is 0 Å². The summed E-state index contributed by atoms with van der Waals surface area (Å²) in [5, 5.41) is 9.21. The second-order valence-electron chi connectivity index (χ2n) is 4.93. The molecule has 1 fully saturated rings. The third kappa shape index (κ3) is 2.20. The fourth-order valence-corrected chi connectivity index (χ4v) is 5.11. The van der Waals surface area contributed by atoms with Gasteiger partial charge in [-0.2, -0.15) is 0 Å². The van der Waals surface area contributed by atoms with Gasteiger partial charge < -0.3 is 10.0 Å². The second-order valence-corrected chi connectivity index (χ2v) is 7.34. The summed E-state index contributed by atoms with van der Waals surface area (Å²) in [5.41, 5.74) is 1.04. The van der Waals surface area contributed by atoms with Crippen molar-refractivity contribution in [3.05, 3.63) is 29.8 Å². The summed E-state index contributed by atoms with van der Waals surface area (Å²) in [6.45, 7) is 1.90. The summed E-state index contributed by atoms with van der Waals surface area (Å²) in [7, 11) is 0. The summed E-state index contributed by atoms with van der Waals surface area (Å²) in [6, 6.07) is 7.20. The van der Waals surface area contributed by atoms with Gasteiger partial charge in [-0.1, -0.05) is 18.2 Å². The fraction of sp³-hybridized carbons (Fsp3) is 0.429. The van der Waals surface area contributed by atoms with Gasteiger partial charge in [0.05, 0.1) is 11.3 Å². The van der Waals surface area contributed by atoms with E-state index in [-0.39, 0.29) is 17.2 Å². The highest BCUT2D eigenvalue weighted by Gasteiger charge is 2.43. The van der Waals surface area contributed by atoms with Crippen LogP contribution in [0.25, 0.3) is 0 Å². The number of amides is 1. The molecule has 1 saturated heterocycles. The third-order valence-electron chi connectivity index (χ3n) is 3.76. The Morgan fingerprint density at radius 1 is 1.30 bits per heavy atom. The first-order valence-corrected chi connectivity index (χ1v) is 8.51. The number of hydrogen-bond donors (Lipinski definition) is 1. The van der Waals surface area contributed by atoms with Crippen LogP contribution in [0.3, 0.4) is 0 Å². The first-order valence-electron chi connectivity index (χ1n) is 6.48. The number of benzene rings is 1. The van der Waals surface area contributed by atoms with Crippen molar-refractivity contribution in [3.8, 4) is 0 Å². The lowest BCUT2D eigenvalue weighted by Crippen LogP contribution is -2.46. The molecule has 0 aromatic heterocycles. The van der Waals surface area contributed by atoms with Crippen LogP contribution in [0, 0.1) is 0 Å². The van der Waals surface area contributed by atoms with Crippen LogP contribution >= 0.6 is 23.5 Å². The van der Waals surface area contributed by atoms with Gasteiger partial charge in [0.2, 0.25) is 5.91 Å². The molecule has 106 valence electrons. The Balaban J connectivity index is 1.88. The highest BCUT2D eigenvalue weighted by atomic mass is 32.2. The van der Waals surface area contributed by atoms with Crippen molar-refractivity contribution in [2.75, 3.05) is 11.5 Å². The molecular weight excluding hydrogens is 294 g/mol. The zero-order valence-corrected chi connectivity index (χ0v) is 12.6. The van der Waals surface area contributed by atoms with E-state index >= 15 is 0 Å². The number of rotatable bonds is 2. The molecule has 1 aromatic rings. The van der Waals surface area contributed by atoms with Gasteiger partial charge in [-0.25, -0.2) is 4.79 Å². The summed E-state index contributed by atoms with van der Waals surface area (Å²) in [4.78, 5) is 26.8. The van der Waals surface area contributed by atoms with Crippen LogP contribution in [0.5, 0.6) is 0 Å². The van der Waals surface area contributed by atoms with Gasteiger partial charge in [0, 0.05) is 16.4 Å². The van der Waals surface area contributed by atoms with Crippen molar-refractivity contribution >= 4 is 35.4 Å². The molecule has 3 rings (SSSR count). The standard InChI is InChI=1S/C14H15NO3S2/c1-8-15(11(7-19-8)14(17)18)13(16)10-6-20-12-5-3-2-4-9(10)12/h2-5,8,10-11H,6-7H2,1H3,(H,17,18). The first-order chi connectivity index (χ1) is 9.59. The zero-order valence-electron chi connectivity index (χ0n) is 11.0. The average molecular weight is 309 g/mol. The van der Waals surface area contributed by atoms with E-state index in [4.69, 9.17) is 0 Å². The molecule has 2 heterocycles. The number of thioether (sulfide) groups is 2. The van der Waals surface area contributed by atoms with Crippen molar-refractivity contribution in [2.24, 2.45) is 0 Å². The maximum atomic E-state index is 12.8. The first kappa shape index (κ1) is 13.8. The number of carbonyl (C=O) groups excluding carboxylic acids is 1. The Bertz CT molecular complexity index is 563. The summed E-state index contributed by atoms with van der Waals surface area (Å²) in [6.07, 6.45) is 0. The number of carbonyl (C=O) groups is 2. The molecule has 2 aliphatic heterocycles. The average Bonchev–Trinajstić information content (AvgIpc) is 3.01. The molecule has 3 atom stereocenters. The molecule has 2 aliphatic rings. The lowest BCUT2D eigenvalue weighted by Gasteiger charge is -2.28. The third-order valence-corrected chi connectivity index (χ3v) is 6.16. The van der Waals surface area contributed by atoms with Crippen LogP contribution in [-0.4, -0.2) is 44.8 Å². The van der Waals surface area contributed by atoms with Gasteiger partial charge >= 0.3 is 5.97 Å². The van der Waals surface area contributed by atoms with Gasteiger partial charge in [0.1, 0.15) is 6.04 Å². The summed E-state index contributed by atoms with van der Waals surface area (Å²) < 4.78 is 0. The van der Waals surface area contributed by atoms with Gasteiger partial charge in [-0.15, -0.1) is 23.5 Å². The Kier molecular flexibility index (Phi) is 3.69. The Morgan fingerprint density at radius 3 is 2.80 bits per heavy atom. The number of hydrogen-bond acceptors (Lipinski definition) is 4. The van der Waals surface area contributed by atoms with E-state index in [1.165, 1.54) is 11.8 Å². The fourth-order valence-electron chi connectivity index (χ4n) is 2.71. The molecule has 0 radical (unpaired) electrons. The molecule has 0 bridgehead atoms. The van der Waals surface area contributed by atoms with Gasteiger partial charge in [0.15, 0.2) is 0 Å². The molecule has 6 heteroatoms. The molecular formula is C14H15NO3S2. The highest BCUT2D eigenvalue weighted by molar-refractivity contribution is 8.00. The number of aliphatic carboxylic acids is 1. The maximum absolute atomic E-state index is 12.8. The van der Waals surface area contributed by atoms with E-state index in [1.54, 1.807) is 16.7 Å². The summed E-state index contributed by atoms with van der Waals surface area (Å²) >= 11 is 3.20. The molecule has 0 saturated carbocycles. The minimum atomic E-state index is -0.908. The van der Waals surface area contributed by atoms with Gasteiger partial charge in [0.25, 0.3) is 0 Å². The molecule has 1 N–H and O–H groups in total. The van der Waals surface area contributed by atoms with Crippen molar-refractivity contribution in [1.29, 1.82) is 0 Å². The monoisotopic (exact) mass is 309 g/mol. The number of nitrogens with zero attached hydrogens (tertiary/aromatic N) is 1. The lowest BCUT2D eigenvalue weighted by molar-refractivity contribution is -0.149. The van der Waals surface area contributed by atoms with Crippen molar-refractivity contribution in [2.45, 2.75) is 29.2 Å². The van der Waals surface area contributed by atoms with E-state index in [0.717, 1.165) is 10.5 Å². The molecule has 20 heavy (non-hydrogen) atoms. The molecule has 4 nitrogen and oxygen atoms in total.